The molecule has 1 fully saturated rings. The van der Waals surface area contributed by atoms with E-state index in [4.69, 9.17) is 0 Å². The standard InChI is InChI=1S/C18H20N2O/c1-14-2-4-17(5-3-14)18(21)20-12-8-16(9-13-20)15-6-10-19-11-7-15/h2-7,10-11,16H,8-9,12-13H2,1H3. The van der Waals surface area contributed by atoms with Gasteiger partial charge in [-0.1, -0.05) is 17.7 Å². The second-order valence-corrected chi connectivity index (χ2v) is 5.71. The number of aromatic nitrogens is 1. The lowest BCUT2D eigenvalue weighted by Crippen LogP contribution is -2.37. The summed E-state index contributed by atoms with van der Waals surface area (Å²) in [6.07, 6.45) is 5.75. The van der Waals surface area contributed by atoms with Crippen LogP contribution in [0.5, 0.6) is 0 Å². The van der Waals surface area contributed by atoms with E-state index in [1.54, 1.807) is 0 Å². The molecule has 1 amide bonds. The van der Waals surface area contributed by atoms with Gasteiger partial charge in [-0.15, -0.1) is 0 Å². The van der Waals surface area contributed by atoms with Crippen molar-refractivity contribution in [3.05, 3.63) is 65.5 Å². The zero-order valence-electron chi connectivity index (χ0n) is 12.3. The van der Waals surface area contributed by atoms with Crippen LogP contribution in [0.2, 0.25) is 0 Å². The van der Waals surface area contributed by atoms with Gasteiger partial charge in [0.1, 0.15) is 0 Å². The highest BCUT2D eigenvalue weighted by molar-refractivity contribution is 5.94. The molecular weight excluding hydrogens is 260 g/mol. The largest absolute Gasteiger partial charge is 0.339 e. The Labute approximate surface area is 125 Å². The molecule has 1 saturated heterocycles. The van der Waals surface area contributed by atoms with E-state index >= 15 is 0 Å². The fourth-order valence-corrected chi connectivity index (χ4v) is 2.93. The summed E-state index contributed by atoms with van der Waals surface area (Å²) < 4.78 is 0. The van der Waals surface area contributed by atoms with E-state index in [2.05, 4.69) is 17.1 Å². The SMILES string of the molecule is Cc1ccc(C(=O)N2CCC(c3ccncc3)CC2)cc1. The van der Waals surface area contributed by atoms with Gasteiger partial charge in [0.25, 0.3) is 5.91 Å². The minimum absolute atomic E-state index is 0.156. The number of hydrogen-bond acceptors (Lipinski definition) is 2. The maximum atomic E-state index is 12.5. The van der Waals surface area contributed by atoms with Gasteiger partial charge in [0.05, 0.1) is 0 Å². The van der Waals surface area contributed by atoms with Crippen LogP contribution in [-0.4, -0.2) is 28.9 Å². The Hall–Kier alpha value is -2.16. The molecule has 0 N–H and O–H groups in total. The Kier molecular flexibility index (Phi) is 4.00. The van der Waals surface area contributed by atoms with E-state index in [0.717, 1.165) is 31.5 Å². The second-order valence-electron chi connectivity index (χ2n) is 5.71. The molecule has 3 nitrogen and oxygen atoms in total. The lowest BCUT2D eigenvalue weighted by molar-refractivity contribution is 0.0713. The minimum atomic E-state index is 0.156. The molecule has 0 atom stereocenters. The molecule has 0 radical (unpaired) electrons. The lowest BCUT2D eigenvalue weighted by Gasteiger charge is -2.32. The smallest absolute Gasteiger partial charge is 0.253 e. The summed E-state index contributed by atoms with van der Waals surface area (Å²) in [5.74, 6) is 0.707. The van der Waals surface area contributed by atoms with Crippen molar-refractivity contribution in [2.24, 2.45) is 0 Å². The van der Waals surface area contributed by atoms with Crippen molar-refractivity contribution in [1.82, 2.24) is 9.88 Å². The zero-order chi connectivity index (χ0) is 14.7. The van der Waals surface area contributed by atoms with Gasteiger partial charge in [-0.3, -0.25) is 9.78 Å². The molecule has 0 saturated carbocycles. The maximum absolute atomic E-state index is 12.5. The van der Waals surface area contributed by atoms with Gasteiger partial charge >= 0.3 is 0 Å². The quantitative estimate of drug-likeness (QED) is 0.844. The molecule has 2 heterocycles. The lowest BCUT2D eigenvalue weighted by atomic mass is 9.90. The third-order valence-electron chi connectivity index (χ3n) is 4.26. The Bertz CT molecular complexity index is 599. The van der Waals surface area contributed by atoms with E-state index in [1.165, 1.54) is 11.1 Å². The van der Waals surface area contributed by atoms with Crippen molar-refractivity contribution in [3.8, 4) is 0 Å². The van der Waals surface area contributed by atoms with Crippen LogP contribution in [0.4, 0.5) is 0 Å². The second kappa shape index (κ2) is 6.08. The monoisotopic (exact) mass is 280 g/mol. The topological polar surface area (TPSA) is 33.2 Å². The summed E-state index contributed by atoms with van der Waals surface area (Å²) in [6.45, 7) is 3.70. The van der Waals surface area contributed by atoms with Crippen LogP contribution < -0.4 is 0 Å². The molecule has 0 bridgehead atoms. The number of amides is 1. The summed E-state index contributed by atoms with van der Waals surface area (Å²) in [4.78, 5) is 18.5. The Morgan fingerprint density at radius 3 is 2.29 bits per heavy atom. The zero-order valence-corrected chi connectivity index (χ0v) is 12.3. The van der Waals surface area contributed by atoms with Gasteiger partial charge in [0.15, 0.2) is 0 Å². The van der Waals surface area contributed by atoms with E-state index < -0.39 is 0 Å². The first kappa shape index (κ1) is 13.8. The number of rotatable bonds is 2. The first-order valence-corrected chi connectivity index (χ1v) is 7.50. The van der Waals surface area contributed by atoms with Crippen LogP contribution in [0.1, 0.15) is 40.2 Å². The molecule has 0 aliphatic carbocycles. The third-order valence-corrected chi connectivity index (χ3v) is 4.26. The fourth-order valence-electron chi connectivity index (χ4n) is 2.93. The van der Waals surface area contributed by atoms with Crippen molar-refractivity contribution >= 4 is 5.91 Å². The van der Waals surface area contributed by atoms with Gasteiger partial charge in [-0.25, -0.2) is 0 Å². The van der Waals surface area contributed by atoms with Crippen LogP contribution in [-0.2, 0) is 0 Å². The predicted molar refractivity (Wildman–Crippen MR) is 83.3 cm³/mol. The Morgan fingerprint density at radius 2 is 1.67 bits per heavy atom. The number of pyridine rings is 1. The van der Waals surface area contributed by atoms with Gasteiger partial charge in [-0.2, -0.15) is 0 Å². The van der Waals surface area contributed by atoms with Crippen molar-refractivity contribution in [3.63, 3.8) is 0 Å². The summed E-state index contributed by atoms with van der Waals surface area (Å²) in [5.41, 5.74) is 3.32. The first-order chi connectivity index (χ1) is 10.2. The van der Waals surface area contributed by atoms with Crippen LogP contribution in [0.15, 0.2) is 48.8 Å². The molecule has 1 aliphatic heterocycles. The van der Waals surface area contributed by atoms with Gasteiger partial charge in [-0.05, 0) is 55.5 Å². The van der Waals surface area contributed by atoms with Gasteiger partial charge < -0.3 is 4.90 Å². The van der Waals surface area contributed by atoms with Gasteiger partial charge in [0, 0.05) is 31.0 Å². The number of benzene rings is 1. The van der Waals surface area contributed by atoms with E-state index in [9.17, 15) is 4.79 Å². The van der Waals surface area contributed by atoms with Gasteiger partial charge in [0.2, 0.25) is 0 Å². The number of nitrogens with zero attached hydrogens (tertiary/aromatic N) is 2. The first-order valence-electron chi connectivity index (χ1n) is 7.50. The Balaban J connectivity index is 1.63. The molecule has 3 heteroatoms. The number of piperidine rings is 1. The Morgan fingerprint density at radius 1 is 1.05 bits per heavy atom. The molecule has 2 aromatic rings. The average molecular weight is 280 g/mol. The highest BCUT2D eigenvalue weighted by atomic mass is 16.2. The highest BCUT2D eigenvalue weighted by Gasteiger charge is 2.24. The number of likely N-dealkylation sites (tertiary alicyclic amines) is 1. The number of carbonyl (C=O) groups is 1. The molecular formula is C18H20N2O. The van der Waals surface area contributed by atoms with Crippen LogP contribution in [0.3, 0.4) is 0 Å². The average Bonchev–Trinajstić information content (AvgIpc) is 2.56. The minimum Gasteiger partial charge on any atom is -0.339 e. The van der Waals surface area contributed by atoms with Crippen LogP contribution >= 0.6 is 0 Å². The molecule has 1 aromatic heterocycles. The van der Waals surface area contributed by atoms with E-state index in [-0.39, 0.29) is 5.91 Å². The summed E-state index contributed by atoms with van der Waals surface area (Å²) in [6, 6.07) is 12.0. The van der Waals surface area contributed by atoms with Crippen molar-refractivity contribution in [1.29, 1.82) is 0 Å². The van der Waals surface area contributed by atoms with E-state index in [0.29, 0.717) is 5.92 Å². The van der Waals surface area contributed by atoms with Crippen molar-refractivity contribution in [2.75, 3.05) is 13.1 Å². The fraction of sp³-hybridized carbons (Fsp3) is 0.333. The normalized spacial score (nSPS) is 16.0. The number of hydrogen-bond donors (Lipinski definition) is 0. The molecule has 0 unspecified atom stereocenters. The number of carbonyl (C=O) groups excluding carboxylic acids is 1. The van der Waals surface area contributed by atoms with E-state index in [1.807, 2.05) is 48.5 Å². The highest BCUT2D eigenvalue weighted by Crippen LogP contribution is 2.28. The molecule has 108 valence electrons. The summed E-state index contributed by atoms with van der Waals surface area (Å²) in [5, 5.41) is 0. The summed E-state index contributed by atoms with van der Waals surface area (Å²) >= 11 is 0. The van der Waals surface area contributed by atoms with Crippen molar-refractivity contribution < 1.29 is 4.79 Å². The predicted octanol–water partition coefficient (Wildman–Crippen LogP) is 3.41. The molecule has 0 spiro atoms. The molecule has 1 aromatic carbocycles. The summed E-state index contributed by atoms with van der Waals surface area (Å²) in [7, 11) is 0. The molecule has 21 heavy (non-hydrogen) atoms. The molecule has 3 rings (SSSR count). The van der Waals surface area contributed by atoms with Crippen molar-refractivity contribution in [2.45, 2.75) is 25.7 Å². The number of aryl methyl sites for hydroxylation is 1. The third kappa shape index (κ3) is 3.13. The maximum Gasteiger partial charge on any atom is 0.253 e. The molecule has 1 aliphatic rings. The van der Waals surface area contributed by atoms with Crippen LogP contribution in [0, 0.1) is 6.92 Å². The van der Waals surface area contributed by atoms with Crippen LogP contribution in [0.25, 0.3) is 0 Å².